The summed E-state index contributed by atoms with van der Waals surface area (Å²) in [5.41, 5.74) is 2.64. The SMILES string of the molecule is COCc1ccc(C(=O)N(Cc2ccc(Cl)c(Cl)c2)C(C)C)cc1. The van der Waals surface area contributed by atoms with Crippen molar-refractivity contribution in [2.24, 2.45) is 0 Å². The number of benzene rings is 2. The van der Waals surface area contributed by atoms with Gasteiger partial charge in [0.15, 0.2) is 0 Å². The monoisotopic (exact) mass is 365 g/mol. The third-order valence-corrected chi connectivity index (χ3v) is 4.47. The van der Waals surface area contributed by atoms with Crippen molar-refractivity contribution in [2.75, 3.05) is 7.11 Å². The van der Waals surface area contributed by atoms with Crippen LogP contribution in [0, 0.1) is 0 Å². The van der Waals surface area contributed by atoms with E-state index in [-0.39, 0.29) is 11.9 Å². The van der Waals surface area contributed by atoms with Crippen LogP contribution in [0.2, 0.25) is 10.0 Å². The lowest BCUT2D eigenvalue weighted by Crippen LogP contribution is -2.36. The minimum Gasteiger partial charge on any atom is -0.380 e. The third kappa shape index (κ3) is 4.73. The van der Waals surface area contributed by atoms with Gasteiger partial charge in [0, 0.05) is 25.3 Å². The van der Waals surface area contributed by atoms with Gasteiger partial charge in [0.2, 0.25) is 0 Å². The van der Waals surface area contributed by atoms with Crippen molar-refractivity contribution in [2.45, 2.75) is 33.0 Å². The first-order chi connectivity index (χ1) is 11.4. The molecule has 0 aliphatic rings. The number of hydrogen-bond acceptors (Lipinski definition) is 2. The summed E-state index contributed by atoms with van der Waals surface area (Å²) in [6.45, 7) is 5.00. The molecule has 1 amide bonds. The average molecular weight is 366 g/mol. The zero-order valence-electron chi connectivity index (χ0n) is 14.1. The fourth-order valence-electron chi connectivity index (χ4n) is 2.40. The Morgan fingerprint density at radius 3 is 2.21 bits per heavy atom. The Balaban J connectivity index is 2.19. The maximum Gasteiger partial charge on any atom is 0.254 e. The van der Waals surface area contributed by atoms with Gasteiger partial charge in [-0.1, -0.05) is 41.4 Å². The molecular formula is C19H21Cl2NO2. The Kier molecular flexibility index (Phi) is 6.67. The van der Waals surface area contributed by atoms with Gasteiger partial charge < -0.3 is 9.64 Å². The fraction of sp³-hybridized carbons (Fsp3) is 0.316. The van der Waals surface area contributed by atoms with Gasteiger partial charge in [-0.2, -0.15) is 0 Å². The van der Waals surface area contributed by atoms with Crippen LogP contribution in [0.25, 0.3) is 0 Å². The maximum atomic E-state index is 12.8. The molecule has 0 heterocycles. The number of rotatable bonds is 6. The molecule has 3 nitrogen and oxygen atoms in total. The Morgan fingerprint density at radius 2 is 1.67 bits per heavy atom. The topological polar surface area (TPSA) is 29.5 Å². The molecule has 0 aliphatic heterocycles. The first kappa shape index (κ1) is 18.8. The largest absolute Gasteiger partial charge is 0.380 e. The van der Waals surface area contributed by atoms with Gasteiger partial charge in [-0.25, -0.2) is 0 Å². The summed E-state index contributed by atoms with van der Waals surface area (Å²) >= 11 is 12.0. The second kappa shape index (κ2) is 8.52. The lowest BCUT2D eigenvalue weighted by molar-refractivity contribution is 0.0690. The first-order valence-corrected chi connectivity index (χ1v) is 8.50. The van der Waals surface area contributed by atoms with Crippen LogP contribution in [-0.2, 0) is 17.9 Å². The Morgan fingerprint density at radius 1 is 1.04 bits per heavy atom. The van der Waals surface area contributed by atoms with Crippen LogP contribution in [0.15, 0.2) is 42.5 Å². The van der Waals surface area contributed by atoms with Gasteiger partial charge >= 0.3 is 0 Å². The number of hydrogen-bond donors (Lipinski definition) is 0. The molecule has 0 unspecified atom stereocenters. The summed E-state index contributed by atoms with van der Waals surface area (Å²) in [6.07, 6.45) is 0. The molecule has 2 aromatic carbocycles. The van der Waals surface area contributed by atoms with Crippen molar-refractivity contribution >= 4 is 29.1 Å². The van der Waals surface area contributed by atoms with E-state index in [1.165, 1.54) is 0 Å². The summed E-state index contributed by atoms with van der Waals surface area (Å²) < 4.78 is 5.10. The Bertz CT molecular complexity index is 699. The number of halogens is 2. The number of carbonyl (C=O) groups excluding carboxylic acids is 1. The van der Waals surface area contributed by atoms with Gasteiger partial charge in [-0.05, 0) is 49.2 Å². The van der Waals surface area contributed by atoms with Gasteiger partial charge in [-0.15, -0.1) is 0 Å². The number of carbonyl (C=O) groups is 1. The molecule has 0 saturated carbocycles. The second-order valence-electron chi connectivity index (χ2n) is 5.91. The lowest BCUT2D eigenvalue weighted by Gasteiger charge is -2.27. The molecule has 5 heteroatoms. The zero-order valence-corrected chi connectivity index (χ0v) is 15.6. The van der Waals surface area contributed by atoms with Gasteiger partial charge in [0.05, 0.1) is 16.7 Å². The molecule has 24 heavy (non-hydrogen) atoms. The summed E-state index contributed by atoms with van der Waals surface area (Å²) in [7, 11) is 1.65. The summed E-state index contributed by atoms with van der Waals surface area (Å²) in [5.74, 6) is -0.0139. The predicted molar refractivity (Wildman–Crippen MR) is 98.6 cm³/mol. The number of ether oxygens (including phenoxy) is 1. The molecule has 2 aromatic rings. The summed E-state index contributed by atoms with van der Waals surface area (Å²) in [4.78, 5) is 14.7. The fourth-order valence-corrected chi connectivity index (χ4v) is 2.72. The molecular weight excluding hydrogens is 345 g/mol. The zero-order chi connectivity index (χ0) is 17.7. The van der Waals surface area contributed by atoms with Crippen LogP contribution in [0.5, 0.6) is 0 Å². The number of methoxy groups -OCH3 is 1. The van der Waals surface area contributed by atoms with Crippen molar-refractivity contribution in [3.8, 4) is 0 Å². The molecule has 2 rings (SSSR count). The third-order valence-electron chi connectivity index (χ3n) is 3.73. The van der Waals surface area contributed by atoms with Crippen LogP contribution in [-0.4, -0.2) is 24.0 Å². The molecule has 0 aliphatic carbocycles. The minimum atomic E-state index is -0.0139. The van der Waals surface area contributed by atoms with Crippen molar-refractivity contribution in [1.29, 1.82) is 0 Å². The van der Waals surface area contributed by atoms with E-state index in [2.05, 4.69) is 0 Å². The highest BCUT2D eigenvalue weighted by Gasteiger charge is 2.19. The van der Waals surface area contributed by atoms with Gasteiger partial charge in [0.1, 0.15) is 0 Å². The van der Waals surface area contributed by atoms with Crippen molar-refractivity contribution < 1.29 is 9.53 Å². The van der Waals surface area contributed by atoms with E-state index >= 15 is 0 Å². The van der Waals surface area contributed by atoms with Crippen LogP contribution < -0.4 is 0 Å². The minimum absolute atomic E-state index is 0.0139. The van der Waals surface area contributed by atoms with E-state index in [9.17, 15) is 4.79 Å². The smallest absolute Gasteiger partial charge is 0.254 e. The van der Waals surface area contributed by atoms with E-state index in [4.69, 9.17) is 27.9 Å². The van der Waals surface area contributed by atoms with Crippen LogP contribution in [0.3, 0.4) is 0 Å². The maximum absolute atomic E-state index is 12.8. The lowest BCUT2D eigenvalue weighted by atomic mass is 10.1. The standard InChI is InChI=1S/C19H21Cl2NO2/c1-13(2)22(11-15-6-9-17(20)18(21)10-15)19(23)16-7-4-14(5-8-16)12-24-3/h4-10,13H,11-12H2,1-3H3. The molecule has 0 N–H and O–H groups in total. The highest BCUT2D eigenvalue weighted by Crippen LogP contribution is 2.24. The Hall–Kier alpha value is -1.55. The van der Waals surface area contributed by atoms with Crippen molar-refractivity contribution in [3.63, 3.8) is 0 Å². The van der Waals surface area contributed by atoms with Crippen LogP contribution in [0.4, 0.5) is 0 Å². The van der Waals surface area contributed by atoms with E-state index in [1.54, 1.807) is 19.2 Å². The second-order valence-corrected chi connectivity index (χ2v) is 6.72. The number of nitrogens with zero attached hydrogens (tertiary/aromatic N) is 1. The van der Waals surface area contributed by atoms with Gasteiger partial charge in [0.25, 0.3) is 5.91 Å². The van der Waals surface area contributed by atoms with E-state index in [1.807, 2.05) is 49.1 Å². The normalized spacial score (nSPS) is 10.9. The Labute approximate surface area is 153 Å². The first-order valence-electron chi connectivity index (χ1n) is 7.75. The van der Waals surface area contributed by atoms with Crippen molar-refractivity contribution in [3.05, 3.63) is 69.2 Å². The average Bonchev–Trinajstić information content (AvgIpc) is 2.56. The van der Waals surface area contributed by atoms with Gasteiger partial charge in [-0.3, -0.25) is 4.79 Å². The molecule has 0 spiro atoms. The highest BCUT2D eigenvalue weighted by molar-refractivity contribution is 6.42. The summed E-state index contributed by atoms with van der Waals surface area (Å²) in [5, 5.41) is 1.01. The van der Waals surface area contributed by atoms with Crippen LogP contribution in [0.1, 0.15) is 35.3 Å². The van der Waals surface area contributed by atoms with Crippen LogP contribution >= 0.6 is 23.2 Å². The van der Waals surface area contributed by atoms with E-state index in [0.29, 0.717) is 28.8 Å². The molecule has 128 valence electrons. The molecule has 0 saturated heterocycles. The predicted octanol–water partition coefficient (Wildman–Crippen LogP) is 5.19. The number of amides is 1. The molecule has 0 radical (unpaired) electrons. The molecule has 0 aromatic heterocycles. The van der Waals surface area contributed by atoms with E-state index < -0.39 is 0 Å². The van der Waals surface area contributed by atoms with E-state index in [0.717, 1.165) is 11.1 Å². The quantitative estimate of drug-likeness (QED) is 0.704. The highest BCUT2D eigenvalue weighted by atomic mass is 35.5. The molecule has 0 bridgehead atoms. The van der Waals surface area contributed by atoms with Crippen molar-refractivity contribution in [1.82, 2.24) is 4.90 Å². The summed E-state index contributed by atoms with van der Waals surface area (Å²) in [6, 6.07) is 13.0. The molecule has 0 atom stereocenters. The molecule has 0 fully saturated rings.